The highest BCUT2D eigenvalue weighted by Gasteiger charge is 2.35. The SMILES string of the molecule is CCN1CCN(Cc2ccc(C(=O)Nc3cc(OC)cc(N4Cc5cnc(NC)nc5N(CC)C4=O)c3)cc2C(F)(F)F)CC1. The molecular formula is C31H37F3N8O3. The van der Waals surface area contributed by atoms with Crippen molar-refractivity contribution in [3.63, 3.8) is 0 Å². The largest absolute Gasteiger partial charge is 0.497 e. The van der Waals surface area contributed by atoms with Gasteiger partial charge in [0.1, 0.15) is 11.6 Å². The van der Waals surface area contributed by atoms with E-state index in [1.807, 2.05) is 11.8 Å². The molecule has 1 aromatic heterocycles. The van der Waals surface area contributed by atoms with Crippen LogP contribution in [0.15, 0.2) is 42.6 Å². The summed E-state index contributed by atoms with van der Waals surface area (Å²) in [5.41, 5.74) is 0.554. The van der Waals surface area contributed by atoms with Gasteiger partial charge in [0, 0.05) is 81.5 Å². The highest BCUT2D eigenvalue weighted by Crippen LogP contribution is 2.36. The molecule has 2 aliphatic heterocycles. The van der Waals surface area contributed by atoms with Crippen LogP contribution in [0.1, 0.15) is 40.9 Å². The zero-order valence-electron chi connectivity index (χ0n) is 25.7. The van der Waals surface area contributed by atoms with Gasteiger partial charge in [-0.15, -0.1) is 0 Å². The Kier molecular flexibility index (Phi) is 9.44. The lowest BCUT2D eigenvalue weighted by Crippen LogP contribution is -2.48. The van der Waals surface area contributed by atoms with E-state index in [0.717, 1.165) is 31.3 Å². The second-order valence-corrected chi connectivity index (χ2v) is 10.9. The highest BCUT2D eigenvalue weighted by atomic mass is 19.4. The number of likely N-dealkylation sites (N-methyl/N-ethyl adjacent to an activating group) is 1. The van der Waals surface area contributed by atoms with Crippen LogP contribution in [0.25, 0.3) is 0 Å². The predicted octanol–water partition coefficient (Wildman–Crippen LogP) is 4.90. The number of carbonyl (C=O) groups excluding carboxylic acids is 2. The number of aromatic nitrogens is 2. The van der Waals surface area contributed by atoms with Crippen LogP contribution >= 0.6 is 0 Å². The second kappa shape index (κ2) is 13.3. The lowest BCUT2D eigenvalue weighted by Gasteiger charge is -2.35. The van der Waals surface area contributed by atoms with E-state index in [1.54, 1.807) is 31.4 Å². The van der Waals surface area contributed by atoms with Crippen LogP contribution in [0.3, 0.4) is 0 Å². The Morgan fingerprint density at radius 1 is 1.02 bits per heavy atom. The molecule has 2 aliphatic rings. The van der Waals surface area contributed by atoms with Crippen molar-refractivity contribution in [3.8, 4) is 5.75 Å². The number of alkyl halides is 3. The molecule has 14 heteroatoms. The third kappa shape index (κ3) is 6.96. The highest BCUT2D eigenvalue weighted by molar-refractivity contribution is 6.07. The van der Waals surface area contributed by atoms with Gasteiger partial charge in [0.05, 0.1) is 24.9 Å². The number of benzene rings is 2. The lowest BCUT2D eigenvalue weighted by molar-refractivity contribution is -0.138. The number of nitrogens with zero attached hydrogens (tertiary/aromatic N) is 6. The topological polar surface area (TPSA) is 106 Å². The van der Waals surface area contributed by atoms with Crippen LogP contribution in [0.2, 0.25) is 0 Å². The van der Waals surface area contributed by atoms with Crippen LogP contribution < -0.4 is 25.2 Å². The molecule has 5 rings (SSSR count). The summed E-state index contributed by atoms with van der Waals surface area (Å²) >= 11 is 0. The average molecular weight is 627 g/mol. The van der Waals surface area contributed by atoms with Gasteiger partial charge in [0.2, 0.25) is 5.95 Å². The molecule has 3 heterocycles. The Morgan fingerprint density at radius 3 is 2.40 bits per heavy atom. The second-order valence-electron chi connectivity index (χ2n) is 10.9. The summed E-state index contributed by atoms with van der Waals surface area (Å²) in [5.74, 6) is 0.514. The van der Waals surface area contributed by atoms with Crippen LogP contribution in [0, 0.1) is 0 Å². The molecule has 1 saturated heterocycles. The van der Waals surface area contributed by atoms with E-state index in [2.05, 4.69) is 32.4 Å². The Morgan fingerprint density at radius 2 is 1.76 bits per heavy atom. The monoisotopic (exact) mass is 626 g/mol. The lowest BCUT2D eigenvalue weighted by atomic mass is 10.0. The number of piperazine rings is 1. The molecule has 3 amide bonds. The number of halogens is 3. The van der Waals surface area contributed by atoms with Crippen molar-refractivity contribution in [2.75, 3.05) is 73.9 Å². The molecule has 2 aromatic carbocycles. The average Bonchev–Trinajstić information content (AvgIpc) is 3.04. The van der Waals surface area contributed by atoms with Gasteiger partial charge in [-0.2, -0.15) is 18.2 Å². The molecule has 2 N–H and O–H groups in total. The molecule has 45 heavy (non-hydrogen) atoms. The molecule has 0 atom stereocenters. The maximum absolute atomic E-state index is 14.2. The predicted molar refractivity (Wildman–Crippen MR) is 166 cm³/mol. The normalized spacial score (nSPS) is 16.0. The molecule has 0 spiro atoms. The molecule has 240 valence electrons. The van der Waals surface area contributed by atoms with Crippen molar-refractivity contribution >= 4 is 35.1 Å². The fourth-order valence-electron chi connectivity index (χ4n) is 5.58. The number of carbonyl (C=O) groups is 2. The molecule has 11 nitrogen and oxygen atoms in total. The first-order valence-electron chi connectivity index (χ1n) is 14.8. The zero-order valence-corrected chi connectivity index (χ0v) is 25.7. The van der Waals surface area contributed by atoms with Gasteiger partial charge in [0.15, 0.2) is 0 Å². The summed E-state index contributed by atoms with van der Waals surface area (Å²) in [5, 5.41) is 5.56. The van der Waals surface area contributed by atoms with E-state index < -0.39 is 17.6 Å². The Hall–Kier alpha value is -4.43. The fourth-order valence-corrected chi connectivity index (χ4v) is 5.58. The number of amides is 3. The van der Waals surface area contributed by atoms with E-state index in [-0.39, 0.29) is 35.9 Å². The third-order valence-electron chi connectivity index (χ3n) is 8.11. The van der Waals surface area contributed by atoms with Crippen molar-refractivity contribution in [2.24, 2.45) is 0 Å². The Balaban J connectivity index is 1.39. The third-order valence-corrected chi connectivity index (χ3v) is 8.11. The van der Waals surface area contributed by atoms with Crippen LogP contribution in [-0.2, 0) is 19.3 Å². The fraction of sp³-hybridized carbons (Fsp3) is 0.419. The van der Waals surface area contributed by atoms with E-state index >= 15 is 0 Å². The van der Waals surface area contributed by atoms with Crippen molar-refractivity contribution in [1.29, 1.82) is 0 Å². The molecule has 3 aromatic rings. The van der Waals surface area contributed by atoms with Gasteiger partial charge in [-0.1, -0.05) is 13.0 Å². The first kappa shape index (κ1) is 32.0. The zero-order chi connectivity index (χ0) is 32.3. The standard InChI is InChI=1S/C31H37F3N8O3/c1-5-39-9-11-40(12-10-39)18-21-8-7-20(13-26(21)31(32,33)34)28(43)37-23-14-24(16-25(15-23)45-4)42-19-22-17-36-29(35-3)38-27(22)41(6-2)30(42)44/h7-8,13-17H,5-6,9-12,18-19H2,1-4H3,(H,37,43)(H,35,36,38). The molecule has 1 fully saturated rings. The van der Waals surface area contributed by atoms with Crippen LogP contribution in [0.5, 0.6) is 5.75 Å². The van der Waals surface area contributed by atoms with Gasteiger partial charge >= 0.3 is 12.2 Å². The first-order chi connectivity index (χ1) is 21.5. The quantitative estimate of drug-likeness (QED) is 0.346. The molecular weight excluding hydrogens is 589 g/mol. The minimum atomic E-state index is -4.63. The summed E-state index contributed by atoms with van der Waals surface area (Å²) in [6.45, 7) is 8.43. The number of hydrogen-bond donors (Lipinski definition) is 2. The Labute approximate surface area is 260 Å². The summed E-state index contributed by atoms with van der Waals surface area (Å²) in [4.78, 5) is 42.8. The van der Waals surface area contributed by atoms with Crippen LogP contribution in [0.4, 0.5) is 41.1 Å². The van der Waals surface area contributed by atoms with Crippen molar-refractivity contribution in [1.82, 2.24) is 19.8 Å². The van der Waals surface area contributed by atoms with Gasteiger partial charge in [-0.3, -0.25) is 19.5 Å². The molecule has 0 radical (unpaired) electrons. The van der Waals surface area contributed by atoms with Gasteiger partial charge < -0.3 is 20.3 Å². The number of methoxy groups -OCH3 is 1. The van der Waals surface area contributed by atoms with Crippen LogP contribution in [-0.4, -0.2) is 85.1 Å². The molecule has 0 unspecified atom stereocenters. The summed E-state index contributed by atoms with van der Waals surface area (Å²) in [7, 11) is 3.13. The van der Waals surface area contributed by atoms with Crippen molar-refractivity contribution < 1.29 is 27.5 Å². The summed E-state index contributed by atoms with van der Waals surface area (Å²) in [6, 6.07) is 8.12. The number of ether oxygens (including phenoxy) is 1. The van der Waals surface area contributed by atoms with Gasteiger partial charge in [-0.25, -0.2) is 9.78 Å². The number of urea groups is 1. The maximum atomic E-state index is 14.2. The van der Waals surface area contributed by atoms with E-state index in [0.29, 0.717) is 42.8 Å². The van der Waals surface area contributed by atoms with Crippen molar-refractivity contribution in [2.45, 2.75) is 33.1 Å². The van der Waals surface area contributed by atoms with Gasteiger partial charge in [-0.05, 0) is 37.2 Å². The Bertz CT molecular complexity index is 1560. The number of anilines is 4. The number of hydrogen-bond acceptors (Lipinski definition) is 8. The minimum Gasteiger partial charge on any atom is -0.497 e. The smallest absolute Gasteiger partial charge is 0.416 e. The van der Waals surface area contributed by atoms with Gasteiger partial charge in [0.25, 0.3) is 5.91 Å². The number of fused-ring (bicyclic) bond motifs is 1. The van der Waals surface area contributed by atoms with Crippen molar-refractivity contribution in [3.05, 3.63) is 64.8 Å². The first-order valence-corrected chi connectivity index (χ1v) is 14.8. The number of nitrogens with one attached hydrogen (secondary N) is 2. The summed E-state index contributed by atoms with van der Waals surface area (Å²) < 4.78 is 47.9. The molecule has 0 aliphatic carbocycles. The minimum absolute atomic E-state index is 0.128. The van der Waals surface area contributed by atoms with E-state index in [4.69, 9.17) is 4.74 Å². The van der Waals surface area contributed by atoms with E-state index in [1.165, 1.54) is 29.0 Å². The number of rotatable bonds is 9. The maximum Gasteiger partial charge on any atom is 0.416 e. The van der Waals surface area contributed by atoms with E-state index in [9.17, 15) is 22.8 Å². The summed E-state index contributed by atoms with van der Waals surface area (Å²) in [6.07, 6.45) is -2.99. The molecule has 0 bridgehead atoms. The molecule has 0 saturated carbocycles.